The summed E-state index contributed by atoms with van der Waals surface area (Å²) in [7, 11) is 0. The summed E-state index contributed by atoms with van der Waals surface area (Å²) in [6.07, 6.45) is 63.0. The molecule has 0 aliphatic rings. The van der Waals surface area contributed by atoms with Gasteiger partial charge in [0.25, 0.3) is 0 Å². The van der Waals surface area contributed by atoms with Crippen LogP contribution in [0.3, 0.4) is 0 Å². The van der Waals surface area contributed by atoms with Gasteiger partial charge >= 0.3 is 17.9 Å². The predicted octanol–water partition coefficient (Wildman–Crippen LogP) is 19.1. The summed E-state index contributed by atoms with van der Waals surface area (Å²) in [5.74, 6) is -0.859. The van der Waals surface area contributed by atoms with Crippen molar-refractivity contribution in [2.45, 2.75) is 322 Å². The lowest BCUT2D eigenvalue weighted by Crippen LogP contribution is -2.30. The molecule has 0 saturated carbocycles. The molecular formula is C59H110O6. The average molecular weight is 916 g/mol. The van der Waals surface area contributed by atoms with Crippen LogP contribution < -0.4 is 0 Å². The molecule has 0 rings (SSSR count). The minimum Gasteiger partial charge on any atom is -0.462 e. The van der Waals surface area contributed by atoms with Crippen LogP contribution in [-0.2, 0) is 28.6 Å². The Morgan fingerprint density at radius 1 is 0.292 bits per heavy atom. The second kappa shape index (κ2) is 54.5. The van der Waals surface area contributed by atoms with Crippen molar-refractivity contribution in [1.82, 2.24) is 0 Å². The Morgan fingerprint density at radius 3 is 0.785 bits per heavy atom. The molecule has 0 fully saturated rings. The highest BCUT2D eigenvalue weighted by molar-refractivity contribution is 5.71. The lowest BCUT2D eigenvalue weighted by molar-refractivity contribution is -0.167. The fourth-order valence-electron chi connectivity index (χ4n) is 8.55. The number of carbonyl (C=O) groups excluding carboxylic acids is 3. The van der Waals surface area contributed by atoms with E-state index < -0.39 is 6.10 Å². The number of esters is 3. The molecule has 0 bridgehead atoms. The molecule has 1 atom stereocenters. The molecule has 382 valence electrons. The van der Waals surface area contributed by atoms with Crippen LogP contribution in [0, 0.1) is 0 Å². The third kappa shape index (κ3) is 52.7. The van der Waals surface area contributed by atoms with Crippen molar-refractivity contribution in [1.29, 1.82) is 0 Å². The van der Waals surface area contributed by atoms with Crippen LogP contribution in [0.1, 0.15) is 316 Å². The number of rotatable bonds is 53. The quantitative estimate of drug-likeness (QED) is 0.0262. The molecule has 0 N–H and O–H groups in total. The van der Waals surface area contributed by atoms with Crippen LogP contribution in [-0.4, -0.2) is 37.2 Å². The Morgan fingerprint density at radius 2 is 0.508 bits per heavy atom. The van der Waals surface area contributed by atoms with Crippen LogP contribution in [0.4, 0.5) is 0 Å². The van der Waals surface area contributed by atoms with E-state index in [1.165, 1.54) is 218 Å². The van der Waals surface area contributed by atoms with Crippen LogP contribution in [0.25, 0.3) is 0 Å². The first-order valence-corrected chi connectivity index (χ1v) is 28.8. The van der Waals surface area contributed by atoms with Gasteiger partial charge in [-0.3, -0.25) is 14.4 Å². The van der Waals surface area contributed by atoms with Gasteiger partial charge in [0.15, 0.2) is 6.10 Å². The second-order valence-electron chi connectivity index (χ2n) is 19.6. The molecule has 0 aromatic carbocycles. The number of unbranched alkanes of at least 4 members (excludes halogenated alkanes) is 38. The van der Waals surface area contributed by atoms with Crippen LogP contribution in [0.15, 0.2) is 24.3 Å². The highest BCUT2D eigenvalue weighted by Crippen LogP contribution is 2.17. The van der Waals surface area contributed by atoms with Gasteiger partial charge in [-0.25, -0.2) is 0 Å². The summed E-state index contributed by atoms with van der Waals surface area (Å²) in [6.45, 7) is 6.66. The van der Waals surface area contributed by atoms with E-state index >= 15 is 0 Å². The normalized spacial score (nSPS) is 12.1. The Kier molecular flexibility index (Phi) is 52.7. The monoisotopic (exact) mass is 915 g/mol. The van der Waals surface area contributed by atoms with Crippen molar-refractivity contribution in [3.8, 4) is 0 Å². The molecule has 0 unspecified atom stereocenters. The van der Waals surface area contributed by atoms with Gasteiger partial charge in [-0.05, 0) is 70.6 Å². The Labute approximate surface area is 404 Å². The minimum absolute atomic E-state index is 0.0698. The topological polar surface area (TPSA) is 78.9 Å². The van der Waals surface area contributed by atoms with Crippen molar-refractivity contribution in [2.24, 2.45) is 0 Å². The first-order chi connectivity index (χ1) is 32.0. The van der Waals surface area contributed by atoms with Gasteiger partial charge in [0.1, 0.15) is 13.2 Å². The smallest absolute Gasteiger partial charge is 0.306 e. The van der Waals surface area contributed by atoms with Crippen LogP contribution in [0.5, 0.6) is 0 Å². The SMILES string of the molecule is CCCCCC/C=C\CCCCCCCCCC(=O)OC[C@H](COC(=O)CCCCCCCCCCCCCCCCCCC)OC(=O)CCCCCCCCC/C=C\CCCCCC. The van der Waals surface area contributed by atoms with Gasteiger partial charge in [0.05, 0.1) is 0 Å². The Bertz CT molecular complexity index is 1050. The molecule has 6 nitrogen and oxygen atoms in total. The van der Waals surface area contributed by atoms with Gasteiger partial charge in [-0.1, -0.05) is 251 Å². The van der Waals surface area contributed by atoms with E-state index in [1.54, 1.807) is 0 Å². The molecule has 0 aliphatic heterocycles. The number of hydrogen-bond donors (Lipinski definition) is 0. The van der Waals surface area contributed by atoms with E-state index in [2.05, 4.69) is 45.1 Å². The first-order valence-electron chi connectivity index (χ1n) is 28.8. The fraction of sp³-hybridized carbons (Fsp3) is 0.881. The summed E-state index contributed by atoms with van der Waals surface area (Å²) in [6, 6.07) is 0. The lowest BCUT2D eigenvalue weighted by atomic mass is 10.0. The molecule has 0 aliphatic carbocycles. The summed E-state index contributed by atoms with van der Waals surface area (Å²) in [5, 5.41) is 0. The number of allylic oxidation sites excluding steroid dienone is 4. The molecule has 65 heavy (non-hydrogen) atoms. The molecule has 0 aromatic rings. The highest BCUT2D eigenvalue weighted by atomic mass is 16.6. The molecule has 0 aromatic heterocycles. The molecule has 0 saturated heterocycles. The van der Waals surface area contributed by atoms with E-state index in [9.17, 15) is 14.4 Å². The summed E-state index contributed by atoms with van der Waals surface area (Å²) < 4.78 is 16.9. The van der Waals surface area contributed by atoms with E-state index in [-0.39, 0.29) is 31.1 Å². The molecule has 0 amide bonds. The van der Waals surface area contributed by atoms with Gasteiger partial charge in [0.2, 0.25) is 0 Å². The molecule has 0 heterocycles. The lowest BCUT2D eigenvalue weighted by Gasteiger charge is -2.18. The summed E-state index contributed by atoms with van der Waals surface area (Å²) >= 11 is 0. The molecule has 6 heteroatoms. The maximum atomic E-state index is 12.8. The van der Waals surface area contributed by atoms with Gasteiger partial charge in [-0.2, -0.15) is 0 Å². The third-order valence-electron chi connectivity index (χ3n) is 12.9. The van der Waals surface area contributed by atoms with Crippen molar-refractivity contribution in [2.75, 3.05) is 13.2 Å². The Hall–Kier alpha value is -2.11. The zero-order chi connectivity index (χ0) is 47.2. The number of hydrogen-bond acceptors (Lipinski definition) is 6. The van der Waals surface area contributed by atoms with Gasteiger partial charge < -0.3 is 14.2 Å². The van der Waals surface area contributed by atoms with Gasteiger partial charge in [0, 0.05) is 19.3 Å². The maximum Gasteiger partial charge on any atom is 0.306 e. The maximum absolute atomic E-state index is 12.8. The molecular weight excluding hydrogens is 805 g/mol. The zero-order valence-electron chi connectivity index (χ0n) is 43.8. The first kappa shape index (κ1) is 62.9. The Balaban J connectivity index is 4.33. The number of carbonyl (C=O) groups is 3. The largest absolute Gasteiger partial charge is 0.462 e. The van der Waals surface area contributed by atoms with Gasteiger partial charge in [-0.15, -0.1) is 0 Å². The van der Waals surface area contributed by atoms with E-state index in [0.29, 0.717) is 19.3 Å². The zero-order valence-corrected chi connectivity index (χ0v) is 43.8. The molecule has 0 radical (unpaired) electrons. The van der Waals surface area contributed by atoms with Crippen LogP contribution in [0.2, 0.25) is 0 Å². The fourth-order valence-corrected chi connectivity index (χ4v) is 8.55. The summed E-state index contributed by atoms with van der Waals surface area (Å²) in [4.78, 5) is 38.1. The predicted molar refractivity (Wildman–Crippen MR) is 279 cm³/mol. The second-order valence-corrected chi connectivity index (χ2v) is 19.6. The third-order valence-corrected chi connectivity index (χ3v) is 12.9. The average Bonchev–Trinajstić information content (AvgIpc) is 3.30. The van der Waals surface area contributed by atoms with Crippen molar-refractivity contribution in [3.05, 3.63) is 24.3 Å². The standard InChI is InChI=1S/C59H110O6/c1-4-7-10-13-16-19-22-25-28-29-32-34-37-40-43-46-49-52-58(61)64-55-56(65-59(62)53-50-47-44-41-38-35-31-27-24-21-18-15-12-9-6-3)54-63-57(60)51-48-45-42-39-36-33-30-26-23-20-17-14-11-8-5-2/h20-21,23-24,56H,4-19,22,25-55H2,1-3H3/b23-20-,24-21-/t56-/m1/s1. The van der Waals surface area contributed by atoms with Crippen LogP contribution >= 0.6 is 0 Å². The van der Waals surface area contributed by atoms with Crippen molar-refractivity contribution < 1.29 is 28.6 Å². The van der Waals surface area contributed by atoms with E-state index in [1.807, 2.05) is 0 Å². The highest BCUT2D eigenvalue weighted by Gasteiger charge is 2.19. The van der Waals surface area contributed by atoms with E-state index in [4.69, 9.17) is 14.2 Å². The summed E-state index contributed by atoms with van der Waals surface area (Å²) in [5.41, 5.74) is 0. The number of ether oxygens (including phenoxy) is 3. The molecule has 0 spiro atoms. The minimum atomic E-state index is -0.771. The van der Waals surface area contributed by atoms with Crippen molar-refractivity contribution >= 4 is 17.9 Å². The van der Waals surface area contributed by atoms with E-state index in [0.717, 1.165) is 57.8 Å². The van der Waals surface area contributed by atoms with Crippen molar-refractivity contribution in [3.63, 3.8) is 0 Å².